The van der Waals surface area contributed by atoms with Gasteiger partial charge in [-0.3, -0.25) is 9.48 Å². The molecule has 0 unspecified atom stereocenters. The van der Waals surface area contributed by atoms with Gasteiger partial charge in [-0.2, -0.15) is 18.3 Å². The Morgan fingerprint density at radius 3 is 2.50 bits per heavy atom. The van der Waals surface area contributed by atoms with E-state index >= 15 is 0 Å². The number of halogens is 3. The van der Waals surface area contributed by atoms with Crippen LogP contribution in [-0.2, 0) is 12.7 Å². The minimum atomic E-state index is -4.56. The minimum Gasteiger partial charge on any atom is -0.364 e. The Balaban J connectivity index is 3.15. The van der Waals surface area contributed by atoms with Gasteiger partial charge in [0.15, 0.2) is 5.69 Å². The van der Waals surface area contributed by atoms with Gasteiger partial charge in [-0.05, 0) is 5.92 Å². The van der Waals surface area contributed by atoms with Crippen molar-refractivity contribution in [2.45, 2.75) is 26.6 Å². The van der Waals surface area contributed by atoms with E-state index in [4.69, 9.17) is 5.73 Å². The van der Waals surface area contributed by atoms with Gasteiger partial charge in [-0.15, -0.1) is 0 Å². The predicted molar refractivity (Wildman–Crippen MR) is 50.6 cm³/mol. The molecule has 0 aliphatic heterocycles. The van der Waals surface area contributed by atoms with E-state index in [2.05, 4.69) is 5.10 Å². The molecule has 1 rings (SSSR count). The van der Waals surface area contributed by atoms with Crippen LogP contribution in [0.3, 0.4) is 0 Å². The van der Waals surface area contributed by atoms with Crippen LogP contribution in [0.15, 0.2) is 6.07 Å². The molecule has 0 spiro atoms. The number of nitrogens with two attached hydrogens (primary N) is 1. The number of rotatable bonds is 3. The largest absolute Gasteiger partial charge is 0.435 e. The van der Waals surface area contributed by atoms with E-state index in [9.17, 15) is 18.0 Å². The molecule has 0 aliphatic rings. The summed E-state index contributed by atoms with van der Waals surface area (Å²) in [7, 11) is 0. The number of carbonyl (C=O) groups excluding carboxylic acids is 1. The van der Waals surface area contributed by atoms with E-state index < -0.39 is 17.8 Å². The van der Waals surface area contributed by atoms with Gasteiger partial charge in [0, 0.05) is 12.6 Å². The van der Waals surface area contributed by atoms with Crippen molar-refractivity contribution in [3.05, 3.63) is 17.5 Å². The Hall–Kier alpha value is -1.53. The fraction of sp³-hybridized carbons (Fsp3) is 0.556. The van der Waals surface area contributed by atoms with Crippen molar-refractivity contribution < 1.29 is 18.0 Å². The highest BCUT2D eigenvalue weighted by Gasteiger charge is 2.35. The van der Waals surface area contributed by atoms with Crippen LogP contribution in [0.1, 0.15) is 30.0 Å². The number of hydrogen-bond donors (Lipinski definition) is 1. The Morgan fingerprint density at radius 1 is 1.56 bits per heavy atom. The van der Waals surface area contributed by atoms with E-state index in [1.807, 2.05) is 0 Å². The van der Waals surface area contributed by atoms with Gasteiger partial charge in [0.05, 0.1) is 0 Å². The van der Waals surface area contributed by atoms with Crippen molar-refractivity contribution in [3.8, 4) is 0 Å². The van der Waals surface area contributed by atoms with Crippen LogP contribution in [0.2, 0.25) is 0 Å². The van der Waals surface area contributed by atoms with Gasteiger partial charge in [-0.25, -0.2) is 0 Å². The SMILES string of the molecule is CC(C)Cn1nc(C(F)(F)F)cc1C(N)=O. The molecule has 0 radical (unpaired) electrons. The number of carbonyl (C=O) groups is 1. The maximum Gasteiger partial charge on any atom is 0.435 e. The molecule has 0 atom stereocenters. The topological polar surface area (TPSA) is 60.9 Å². The van der Waals surface area contributed by atoms with E-state index in [1.54, 1.807) is 13.8 Å². The number of alkyl halides is 3. The van der Waals surface area contributed by atoms with Crippen LogP contribution in [-0.4, -0.2) is 15.7 Å². The summed E-state index contributed by atoms with van der Waals surface area (Å²) in [4.78, 5) is 10.9. The normalized spacial score (nSPS) is 12.1. The summed E-state index contributed by atoms with van der Waals surface area (Å²) in [5.74, 6) is -0.845. The molecule has 0 bridgehead atoms. The third-order valence-corrected chi connectivity index (χ3v) is 1.86. The lowest BCUT2D eigenvalue weighted by molar-refractivity contribution is -0.141. The van der Waals surface area contributed by atoms with Crippen molar-refractivity contribution in [1.29, 1.82) is 0 Å². The maximum absolute atomic E-state index is 12.4. The fourth-order valence-electron chi connectivity index (χ4n) is 1.24. The second kappa shape index (κ2) is 4.15. The summed E-state index contributed by atoms with van der Waals surface area (Å²) in [6, 6.07) is 0.671. The summed E-state index contributed by atoms with van der Waals surface area (Å²) in [5.41, 5.74) is 3.66. The highest BCUT2D eigenvalue weighted by Crippen LogP contribution is 2.28. The number of aromatic nitrogens is 2. The van der Waals surface area contributed by atoms with Crippen LogP contribution in [0, 0.1) is 5.92 Å². The molecule has 7 heteroatoms. The van der Waals surface area contributed by atoms with E-state index in [-0.39, 0.29) is 18.2 Å². The second-order valence-corrected chi connectivity index (χ2v) is 3.85. The first-order chi connectivity index (χ1) is 7.21. The van der Waals surface area contributed by atoms with Crippen LogP contribution in [0.25, 0.3) is 0 Å². The summed E-state index contributed by atoms with van der Waals surface area (Å²) in [6.07, 6.45) is -4.56. The molecule has 0 saturated carbocycles. The summed E-state index contributed by atoms with van der Waals surface area (Å²) >= 11 is 0. The van der Waals surface area contributed by atoms with Crippen molar-refractivity contribution in [2.24, 2.45) is 11.7 Å². The molecule has 0 saturated heterocycles. The first kappa shape index (κ1) is 12.5. The molecule has 1 heterocycles. The summed E-state index contributed by atoms with van der Waals surface area (Å²) < 4.78 is 38.1. The highest BCUT2D eigenvalue weighted by atomic mass is 19.4. The number of hydrogen-bond acceptors (Lipinski definition) is 2. The first-order valence-electron chi connectivity index (χ1n) is 4.66. The monoisotopic (exact) mass is 235 g/mol. The molecule has 1 aromatic rings. The molecule has 2 N–H and O–H groups in total. The molecule has 90 valence electrons. The lowest BCUT2D eigenvalue weighted by Gasteiger charge is -2.07. The van der Waals surface area contributed by atoms with Gasteiger partial charge in [0.1, 0.15) is 5.69 Å². The molecule has 0 aliphatic carbocycles. The van der Waals surface area contributed by atoms with Gasteiger partial charge < -0.3 is 5.73 Å². The quantitative estimate of drug-likeness (QED) is 0.866. The molecule has 16 heavy (non-hydrogen) atoms. The van der Waals surface area contributed by atoms with Crippen molar-refractivity contribution >= 4 is 5.91 Å². The van der Waals surface area contributed by atoms with Crippen LogP contribution < -0.4 is 5.73 Å². The molecule has 1 aromatic heterocycles. The predicted octanol–water partition coefficient (Wildman–Crippen LogP) is 1.66. The molecular weight excluding hydrogens is 223 g/mol. The van der Waals surface area contributed by atoms with Crippen LogP contribution >= 0.6 is 0 Å². The van der Waals surface area contributed by atoms with Crippen molar-refractivity contribution in [2.75, 3.05) is 0 Å². The standard InChI is InChI=1S/C9H12F3N3O/c1-5(2)4-15-6(8(13)16)3-7(14-15)9(10,11)12/h3,5H,4H2,1-2H3,(H2,13,16). The van der Waals surface area contributed by atoms with Gasteiger partial charge in [0.25, 0.3) is 5.91 Å². The second-order valence-electron chi connectivity index (χ2n) is 3.85. The summed E-state index contributed by atoms with van der Waals surface area (Å²) in [5, 5.41) is 3.33. The van der Waals surface area contributed by atoms with E-state index in [1.165, 1.54) is 0 Å². The van der Waals surface area contributed by atoms with Crippen LogP contribution in [0.4, 0.5) is 13.2 Å². The van der Waals surface area contributed by atoms with E-state index in [0.717, 1.165) is 4.68 Å². The number of amides is 1. The zero-order chi connectivity index (χ0) is 12.5. The average molecular weight is 235 g/mol. The smallest absolute Gasteiger partial charge is 0.364 e. The average Bonchev–Trinajstić information content (AvgIpc) is 2.45. The molecule has 1 amide bonds. The fourth-order valence-corrected chi connectivity index (χ4v) is 1.24. The third kappa shape index (κ3) is 2.74. The zero-order valence-electron chi connectivity index (χ0n) is 8.88. The van der Waals surface area contributed by atoms with Crippen molar-refractivity contribution in [1.82, 2.24) is 9.78 Å². The molecular formula is C9H12F3N3O. The highest BCUT2D eigenvalue weighted by molar-refractivity contribution is 5.91. The Labute approximate surface area is 90.2 Å². The third-order valence-electron chi connectivity index (χ3n) is 1.86. The molecule has 0 fully saturated rings. The molecule has 4 nitrogen and oxygen atoms in total. The Morgan fingerprint density at radius 2 is 2.12 bits per heavy atom. The van der Waals surface area contributed by atoms with Gasteiger partial charge >= 0.3 is 6.18 Å². The zero-order valence-corrected chi connectivity index (χ0v) is 8.88. The molecule has 0 aromatic carbocycles. The first-order valence-corrected chi connectivity index (χ1v) is 4.66. The number of primary amides is 1. The maximum atomic E-state index is 12.4. The van der Waals surface area contributed by atoms with Crippen molar-refractivity contribution in [3.63, 3.8) is 0 Å². The van der Waals surface area contributed by atoms with Gasteiger partial charge in [-0.1, -0.05) is 13.8 Å². The lowest BCUT2D eigenvalue weighted by atomic mass is 10.2. The number of nitrogens with zero attached hydrogens (tertiary/aromatic N) is 2. The minimum absolute atomic E-state index is 0.0686. The summed E-state index contributed by atoms with van der Waals surface area (Å²) in [6.45, 7) is 3.83. The van der Waals surface area contributed by atoms with Crippen LogP contribution in [0.5, 0.6) is 0 Å². The van der Waals surface area contributed by atoms with Gasteiger partial charge in [0.2, 0.25) is 0 Å². The Bertz CT molecular complexity index is 395. The lowest BCUT2D eigenvalue weighted by Crippen LogP contribution is -2.19. The van der Waals surface area contributed by atoms with E-state index in [0.29, 0.717) is 6.07 Å². The Kier molecular flexibility index (Phi) is 3.25.